The number of rotatable bonds is 8. The van der Waals surface area contributed by atoms with Gasteiger partial charge < -0.3 is 10.2 Å². The summed E-state index contributed by atoms with van der Waals surface area (Å²) >= 11 is 0. The Morgan fingerprint density at radius 3 is 2.35 bits per heavy atom. The molecule has 8 heteroatoms. The van der Waals surface area contributed by atoms with Crippen LogP contribution in [0, 0.1) is 5.92 Å². The van der Waals surface area contributed by atoms with E-state index >= 15 is 0 Å². The Morgan fingerprint density at radius 1 is 1.00 bits per heavy atom. The smallest absolute Gasteiger partial charge is 0.241 e. The molecule has 1 aliphatic rings. The highest BCUT2D eigenvalue weighted by molar-refractivity contribution is 7.89. The summed E-state index contributed by atoms with van der Waals surface area (Å²) in [4.78, 5) is 26.7. The SMILES string of the molecule is CC(C)C(NS(=O)(=O)c1ccc2ccccc2c1)C(=O)NCc1ccc(N2CCCC2=O)cc1. The Labute approximate surface area is 200 Å². The Balaban J connectivity index is 1.42. The minimum atomic E-state index is -3.89. The highest BCUT2D eigenvalue weighted by atomic mass is 32.2. The van der Waals surface area contributed by atoms with Crippen molar-refractivity contribution in [1.82, 2.24) is 10.0 Å². The van der Waals surface area contributed by atoms with Crippen molar-refractivity contribution in [2.24, 2.45) is 5.92 Å². The topological polar surface area (TPSA) is 95.6 Å². The maximum absolute atomic E-state index is 13.0. The summed E-state index contributed by atoms with van der Waals surface area (Å²) in [5.74, 6) is -0.517. The van der Waals surface area contributed by atoms with E-state index in [-0.39, 0.29) is 23.3 Å². The fraction of sp³-hybridized carbons (Fsp3) is 0.308. The van der Waals surface area contributed by atoms with Gasteiger partial charge in [-0.1, -0.05) is 56.3 Å². The average Bonchev–Trinajstić information content (AvgIpc) is 3.26. The zero-order valence-electron chi connectivity index (χ0n) is 19.3. The highest BCUT2D eigenvalue weighted by Crippen LogP contribution is 2.22. The fourth-order valence-electron chi connectivity index (χ4n) is 4.08. The summed E-state index contributed by atoms with van der Waals surface area (Å²) < 4.78 is 28.6. The van der Waals surface area contributed by atoms with Gasteiger partial charge in [-0.25, -0.2) is 8.42 Å². The number of sulfonamides is 1. The van der Waals surface area contributed by atoms with Gasteiger partial charge in [-0.15, -0.1) is 0 Å². The molecule has 0 radical (unpaired) electrons. The zero-order valence-corrected chi connectivity index (χ0v) is 20.1. The predicted octanol–water partition coefficient (Wildman–Crippen LogP) is 3.59. The van der Waals surface area contributed by atoms with E-state index in [4.69, 9.17) is 0 Å². The fourth-order valence-corrected chi connectivity index (χ4v) is 5.46. The van der Waals surface area contributed by atoms with Gasteiger partial charge >= 0.3 is 0 Å². The summed E-state index contributed by atoms with van der Waals surface area (Å²) in [6, 6.07) is 19.0. The predicted molar refractivity (Wildman–Crippen MR) is 133 cm³/mol. The van der Waals surface area contributed by atoms with Crippen LogP contribution in [-0.4, -0.2) is 32.8 Å². The van der Waals surface area contributed by atoms with Crippen LogP contribution in [0.3, 0.4) is 0 Å². The number of anilines is 1. The molecule has 178 valence electrons. The van der Waals surface area contributed by atoms with Crippen LogP contribution < -0.4 is 14.9 Å². The number of carbonyl (C=O) groups excluding carboxylic acids is 2. The Kier molecular flexibility index (Phi) is 7.00. The number of benzene rings is 3. The van der Waals surface area contributed by atoms with E-state index in [1.165, 1.54) is 0 Å². The van der Waals surface area contributed by atoms with E-state index in [1.54, 1.807) is 36.9 Å². The largest absolute Gasteiger partial charge is 0.351 e. The molecule has 3 aromatic rings. The van der Waals surface area contributed by atoms with Crippen molar-refractivity contribution in [2.75, 3.05) is 11.4 Å². The molecule has 1 unspecified atom stereocenters. The van der Waals surface area contributed by atoms with E-state index in [0.717, 1.165) is 35.0 Å². The molecule has 0 saturated carbocycles. The molecule has 2 amide bonds. The molecule has 0 spiro atoms. The highest BCUT2D eigenvalue weighted by Gasteiger charge is 2.28. The molecule has 7 nitrogen and oxygen atoms in total. The summed E-state index contributed by atoms with van der Waals surface area (Å²) in [6.45, 7) is 4.58. The molecule has 1 saturated heterocycles. The number of amides is 2. The molecular formula is C26H29N3O4S. The second-order valence-electron chi connectivity index (χ2n) is 8.89. The van der Waals surface area contributed by atoms with Crippen molar-refractivity contribution < 1.29 is 18.0 Å². The standard InChI is InChI=1S/C26H29N3O4S/c1-18(2)25(28-34(32,33)23-14-11-20-6-3-4-7-21(20)16-23)26(31)27-17-19-9-12-22(13-10-19)29-15-5-8-24(29)30/h3-4,6-7,9-14,16,18,25,28H,5,8,15,17H2,1-2H3,(H,27,31). The molecular weight excluding hydrogens is 450 g/mol. The molecule has 0 aliphatic carbocycles. The summed E-state index contributed by atoms with van der Waals surface area (Å²) in [7, 11) is -3.89. The minimum Gasteiger partial charge on any atom is -0.351 e. The first-order chi connectivity index (χ1) is 16.2. The van der Waals surface area contributed by atoms with Crippen molar-refractivity contribution in [1.29, 1.82) is 0 Å². The summed E-state index contributed by atoms with van der Waals surface area (Å²) in [5, 5.41) is 4.59. The van der Waals surface area contributed by atoms with Crippen molar-refractivity contribution >= 4 is 38.3 Å². The van der Waals surface area contributed by atoms with Gasteiger partial charge in [0.15, 0.2) is 0 Å². The zero-order chi connectivity index (χ0) is 24.3. The van der Waals surface area contributed by atoms with E-state index in [9.17, 15) is 18.0 Å². The Morgan fingerprint density at radius 2 is 1.71 bits per heavy atom. The lowest BCUT2D eigenvalue weighted by Gasteiger charge is -2.22. The van der Waals surface area contributed by atoms with Crippen molar-refractivity contribution in [3.8, 4) is 0 Å². The van der Waals surface area contributed by atoms with Gasteiger partial charge in [-0.3, -0.25) is 9.59 Å². The Bertz CT molecular complexity index is 1300. The van der Waals surface area contributed by atoms with Crippen LogP contribution in [-0.2, 0) is 26.2 Å². The first-order valence-corrected chi connectivity index (χ1v) is 12.9. The van der Waals surface area contributed by atoms with Gasteiger partial charge in [0.2, 0.25) is 21.8 Å². The third-order valence-corrected chi connectivity index (χ3v) is 7.49. The van der Waals surface area contributed by atoms with Crippen LogP contribution >= 0.6 is 0 Å². The molecule has 4 rings (SSSR count). The van der Waals surface area contributed by atoms with Crippen LogP contribution in [0.15, 0.2) is 71.6 Å². The second-order valence-corrected chi connectivity index (χ2v) is 10.6. The van der Waals surface area contributed by atoms with Gasteiger partial charge in [0.25, 0.3) is 0 Å². The van der Waals surface area contributed by atoms with Gasteiger partial charge in [0.05, 0.1) is 4.90 Å². The maximum atomic E-state index is 13.0. The van der Waals surface area contributed by atoms with Gasteiger partial charge in [0, 0.05) is 25.2 Å². The molecule has 2 N–H and O–H groups in total. The van der Waals surface area contributed by atoms with Crippen LogP contribution in [0.4, 0.5) is 5.69 Å². The molecule has 0 aromatic heterocycles. The number of nitrogens with zero attached hydrogens (tertiary/aromatic N) is 1. The van der Waals surface area contributed by atoms with Gasteiger partial charge in [-0.2, -0.15) is 4.72 Å². The third-order valence-electron chi connectivity index (χ3n) is 6.05. The van der Waals surface area contributed by atoms with E-state index < -0.39 is 22.0 Å². The average molecular weight is 480 g/mol. The van der Waals surface area contributed by atoms with E-state index in [2.05, 4.69) is 10.0 Å². The Hall–Kier alpha value is -3.23. The van der Waals surface area contributed by atoms with E-state index in [1.807, 2.05) is 48.5 Å². The van der Waals surface area contributed by atoms with Crippen molar-refractivity contribution in [3.63, 3.8) is 0 Å². The molecule has 34 heavy (non-hydrogen) atoms. The summed E-state index contributed by atoms with van der Waals surface area (Å²) in [6.07, 6.45) is 1.44. The molecule has 1 aliphatic heterocycles. The molecule has 0 bridgehead atoms. The van der Waals surface area contributed by atoms with Crippen LogP contribution in [0.25, 0.3) is 10.8 Å². The minimum absolute atomic E-state index is 0.122. The molecule has 1 heterocycles. The van der Waals surface area contributed by atoms with Gasteiger partial charge in [-0.05, 0) is 52.9 Å². The quantitative estimate of drug-likeness (QED) is 0.516. The third kappa shape index (κ3) is 5.29. The lowest BCUT2D eigenvalue weighted by atomic mass is 10.0. The molecule has 1 atom stereocenters. The second kappa shape index (κ2) is 9.95. The number of nitrogens with one attached hydrogen (secondary N) is 2. The van der Waals surface area contributed by atoms with E-state index in [0.29, 0.717) is 6.42 Å². The normalized spacial score (nSPS) is 15.1. The number of carbonyl (C=O) groups is 2. The first-order valence-electron chi connectivity index (χ1n) is 11.4. The van der Waals surface area contributed by atoms with Crippen molar-refractivity contribution in [3.05, 3.63) is 72.3 Å². The van der Waals surface area contributed by atoms with Crippen molar-refractivity contribution in [2.45, 2.75) is 44.2 Å². The summed E-state index contributed by atoms with van der Waals surface area (Å²) in [5.41, 5.74) is 1.71. The van der Waals surface area contributed by atoms with Crippen LogP contribution in [0.2, 0.25) is 0 Å². The first kappa shape index (κ1) is 23.9. The number of fused-ring (bicyclic) bond motifs is 1. The number of hydrogen-bond acceptors (Lipinski definition) is 4. The van der Waals surface area contributed by atoms with Crippen LogP contribution in [0.1, 0.15) is 32.3 Å². The lowest BCUT2D eigenvalue weighted by Crippen LogP contribution is -2.49. The van der Waals surface area contributed by atoms with Crippen LogP contribution in [0.5, 0.6) is 0 Å². The van der Waals surface area contributed by atoms with Gasteiger partial charge in [0.1, 0.15) is 6.04 Å². The molecule has 1 fully saturated rings. The maximum Gasteiger partial charge on any atom is 0.241 e. The molecule has 3 aromatic carbocycles. The number of hydrogen-bond donors (Lipinski definition) is 2. The monoisotopic (exact) mass is 479 g/mol. The lowest BCUT2D eigenvalue weighted by molar-refractivity contribution is -0.123.